The van der Waals surface area contributed by atoms with Gasteiger partial charge in [0.1, 0.15) is 11.0 Å². The van der Waals surface area contributed by atoms with Crippen LogP contribution in [-0.2, 0) is 15.6 Å². The maximum absolute atomic E-state index is 12.7. The normalized spacial score (nSPS) is 11.6. The molecular weight excluding hydrogens is 390 g/mol. The van der Waals surface area contributed by atoms with Gasteiger partial charge >= 0.3 is 0 Å². The highest BCUT2D eigenvalue weighted by Crippen LogP contribution is 2.40. The van der Waals surface area contributed by atoms with Gasteiger partial charge in [-0.1, -0.05) is 23.7 Å². The lowest BCUT2D eigenvalue weighted by Gasteiger charge is -2.14. The molecule has 27 heavy (non-hydrogen) atoms. The van der Waals surface area contributed by atoms with E-state index in [0.717, 1.165) is 0 Å². The predicted molar refractivity (Wildman–Crippen MR) is 104 cm³/mol. The molecule has 0 unspecified atom stereocenters. The zero-order chi connectivity index (χ0) is 20.0. The van der Waals surface area contributed by atoms with Gasteiger partial charge in [-0.3, -0.25) is 0 Å². The van der Waals surface area contributed by atoms with E-state index in [9.17, 15) is 13.7 Å². The van der Waals surface area contributed by atoms with Crippen molar-refractivity contribution in [3.05, 3.63) is 57.5 Å². The summed E-state index contributed by atoms with van der Waals surface area (Å²) in [6, 6.07) is 11.4. The predicted octanol–water partition coefficient (Wildman–Crippen LogP) is 3.85. The van der Waals surface area contributed by atoms with E-state index in [4.69, 9.17) is 25.8 Å². The number of nitrogens with zero attached hydrogens (tertiary/aromatic N) is 1. The molecule has 0 heterocycles. The monoisotopic (exact) mass is 407 g/mol. The van der Waals surface area contributed by atoms with Crippen LogP contribution in [-0.4, -0.2) is 29.7 Å². The molecule has 0 aliphatic rings. The summed E-state index contributed by atoms with van der Waals surface area (Å²) in [6.07, 6.45) is 1.26. The lowest BCUT2D eigenvalue weighted by molar-refractivity contribution is 0.324. The van der Waals surface area contributed by atoms with E-state index < -0.39 is 9.84 Å². The van der Waals surface area contributed by atoms with Gasteiger partial charge in [0.15, 0.2) is 21.3 Å². The zero-order valence-electron chi connectivity index (χ0n) is 15.0. The van der Waals surface area contributed by atoms with Crippen molar-refractivity contribution >= 4 is 27.5 Å². The second-order valence-electron chi connectivity index (χ2n) is 5.43. The van der Waals surface area contributed by atoms with Crippen LogP contribution >= 0.6 is 11.6 Å². The molecule has 142 valence electrons. The lowest BCUT2D eigenvalue weighted by atomic mass is 10.1. The number of hydrogen-bond acceptors (Lipinski definition) is 6. The Balaban J connectivity index is 2.49. The molecule has 0 fully saturated rings. The number of rotatable bonds is 7. The Bertz CT molecular complexity index is 992. The molecule has 2 rings (SSSR count). The summed E-state index contributed by atoms with van der Waals surface area (Å²) in [5.41, 5.74) is 0.909. The van der Waals surface area contributed by atoms with Crippen molar-refractivity contribution in [3.8, 4) is 23.3 Å². The summed E-state index contributed by atoms with van der Waals surface area (Å²) < 4.78 is 41.2. The van der Waals surface area contributed by atoms with Gasteiger partial charge < -0.3 is 14.2 Å². The smallest absolute Gasteiger partial charge is 0.203 e. The van der Waals surface area contributed by atoms with Crippen molar-refractivity contribution in [1.82, 2.24) is 0 Å². The second-order valence-corrected chi connectivity index (χ2v) is 7.82. The number of halogens is 1. The van der Waals surface area contributed by atoms with Crippen LogP contribution in [0, 0.1) is 11.3 Å². The SMILES string of the molecule is COc1ccc(/C=C(\C#N)S(=O)(=O)Cc2ccc(Cl)cc2)c(OC)c1OC. The first-order valence-electron chi connectivity index (χ1n) is 7.74. The van der Waals surface area contributed by atoms with Gasteiger partial charge in [-0.2, -0.15) is 5.26 Å². The van der Waals surface area contributed by atoms with Crippen molar-refractivity contribution in [2.24, 2.45) is 0 Å². The molecule has 0 bridgehead atoms. The Hall–Kier alpha value is -2.69. The van der Waals surface area contributed by atoms with E-state index in [-0.39, 0.29) is 16.4 Å². The maximum Gasteiger partial charge on any atom is 0.203 e. The Kier molecular flexibility index (Phi) is 6.72. The number of nitriles is 1. The number of ether oxygens (including phenoxy) is 3. The molecule has 0 aromatic heterocycles. The van der Waals surface area contributed by atoms with Crippen LogP contribution in [0.4, 0.5) is 0 Å². The Morgan fingerprint density at radius 1 is 1.04 bits per heavy atom. The molecule has 2 aromatic rings. The molecule has 0 aliphatic carbocycles. The first-order chi connectivity index (χ1) is 12.9. The van der Waals surface area contributed by atoms with E-state index in [2.05, 4.69) is 0 Å². The van der Waals surface area contributed by atoms with Gasteiger partial charge in [0, 0.05) is 10.6 Å². The fourth-order valence-electron chi connectivity index (χ4n) is 2.45. The van der Waals surface area contributed by atoms with E-state index in [1.54, 1.807) is 42.5 Å². The molecule has 0 saturated carbocycles. The van der Waals surface area contributed by atoms with Crippen LogP contribution in [0.3, 0.4) is 0 Å². The molecule has 8 heteroatoms. The number of allylic oxidation sites excluding steroid dienone is 1. The highest BCUT2D eigenvalue weighted by atomic mass is 35.5. The third-order valence-corrected chi connectivity index (χ3v) is 5.58. The second kappa shape index (κ2) is 8.80. The van der Waals surface area contributed by atoms with E-state index in [0.29, 0.717) is 27.6 Å². The quantitative estimate of drug-likeness (QED) is 0.648. The minimum absolute atomic E-state index is 0.270. The molecular formula is C19H18ClNO5S. The Morgan fingerprint density at radius 3 is 2.19 bits per heavy atom. The number of benzene rings is 2. The molecule has 0 saturated heterocycles. The van der Waals surface area contributed by atoms with Gasteiger partial charge in [0.2, 0.25) is 5.75 Å². The van der Waals surface area contributed by atoms with E-state index in [1.165, 1.54) is 27.4 Å². The maximum atomic E-state index is 12.7. The summed E-state index contributed by atoms with van der Waals surface area (Å²) in [5.74, 6) is 0.681. The zero-order valence-corrected chi connectivity index (χ0v) is 16.6. The largest absolute Gasteiger partial charge is 0.493 e. The third kappa shape index (κ3) is 4.73. The van der Waals surface area contributed by atoms with Crippen molar-refractivity contribution in [1.29, 1.82) is 5.26 Å². The van der Waals surface area contributed by atoms with Crippen LogP contribution in [0.5, 0.6) is 17.2 Å². The minimum atomic E-state index is -3.87. The topological polar surface area (TPSA) is 85.6 Å². The number of methoxy groups -OCH3 is 3. The molecule has 0 radical (unpaired) electrons. The molecule has 0 atom stereocenters. The van der Waals surface area contributed by atoms with Gasteiger partial charge in [-0.15, -0.1) is 0 Å². The summed E-state index contributed by atoms with van der Waals surface area (Å²) in [4.78, 5) is -0.386. The highest BCUT2D eigenvalue weighted by molar-refractivity contribution is 7.95. The fourth-order valence-corrected chi connectivity index (χ4v) is 3.81. The van der Waals surface area contributed by atoms with Crippen molar-refractivity contribution < 1.29 is 22.6 Å². The fraction of sp³-hybridized carbons (Fsp3) is 0.211. The van der Waals surface area contributed by atoms with Gasteiger partial charge in [-0.05, 0) is 35.9 Å². The molecule has 0 aliphatic heterocycles. The van der Waals surface area contributed by atoms with Crippen molar-refractivity contribution in [2.75, 3.05) is 21.3 Å². The molecule has 2 aromatic carbocycles. The Labute approximate surface area is 163 Å². The Morgan fingerprint density at radius 2 is 1.67 bits per heavy atom. The van der Waals surface area contributed by atoms with Gasteiger partial charge in [0.05, 0.1) is 27.1 Å². The average Bonchev–Trinajstić information content (AvgIpc) is 2.66. The average molecular weight is 408 g/mol. The summed E-state index contributed by atoms with van der Waals surface area (Å²) in [6.45, 7) is 0. The van der Waals surface area contributed by atoms with Crippen molar-refractivity contribution in [3.63, 3.8) is 0 Å². The van der Waals surface area contributed by atoms with Crippen molar-refractivity contribution in [2.45, 2.75) is 5.75 Å². The molecule has 0 N–H and O–H groups in total. The van der Waals surface area contributed by atoms with Crippen LogP contribution < -0.4 is 14.2 Å². The minimum Gasteiger partial charge on any atom is -0.493 e. The summed E-state index contributed by atoms with van der Waals surface area (Å²) in [5, 5.41) is 9.92. The van der Waals surface area contributed by atoms with Gasteiger partial charge in [-0.25, -0.2) is 8.42 Å². The molecule has 0 amide bonds. The number of hydrogen-bond donors (Lipinski definition) is 0. The van der Waals surface area contributed by atoms with E-state index in [1.807, 2.05) is 0 Å². The standard InChI is InChI=1S/C19H18ClNO5S/c1-24-17-9-6-14(18(25-2)19(17)26-3)10-16(11-21)27(22,23)12-13-4-7-15(20)8-5-13/h4-10H,12H2,1-3H3/b16-10+. The van der Waals surface area contributed by atoms with Crippen LogP contribution in [0.2, 0.25) is 5.02 Å². The van der Waals surface area contributed by atoms with Gasteiger partial charge in [0.25, 0.3) is 0 Å². The van der Waals surface area contributed by atoms with Crippen LogP contribution in [0.1, 0.15) is 11.1 Å². The highest BCUT2D eigenvalue weighted by Gasteiger charge is 2.21. The summed E-state index contributed by atoms with van der Waals surface area (Å²) >= 11 is 5.82. The van der Waals surface area contributed by atoms with Crippen LogP contribution in [0.15, 0.2) is 41.3 Å². The lowest BCUT2D eigenvalue weighted by Crippen LogP contribution is -2.06. The molecule has 6 nitrogen and oxygen atoms in total. The first kappa shape index (κ1) is 20.6. The molecule has 0 spiro atoms. The number of sulfone groups is 1. The first-order valence-corrected chi connectivity index (χ1v) is 9.77. The van der Waals surface area contributed by atoms with Crippen LogP contribution in [0.25, 0.3) is 6.08 Å². The van der Waals surface area contributed by atoms with E-state index >= 15 is 0 Å². The summed E-state index contributed by atoms with van der Waals surface area (Å²) in [7, 11) is 0.469. The third-order valence-electron chi connectivity index (χ3n) is 3.74.